The highest BCUT2D eigenvalue weighted by molar-refractivity contribution is 5.93. The molecule has 0 spiro atoms. The van der Waals surface area contributed by atoms with Gasteiger partial charge < -0.3 is 14.0 Å². The van der Waals surface area contributed by atoms with Gasteiger partial charge in [-0.15, -0.1) is 0 Å². The van der Waals surface area contributed by atoms with Gasteiger partial charge in [0.1, 0.15) is 22.6 Å². The molecule has 0 unspecified atom stereocenters. The molecule has 9 nitrogen and oxygen atoms in total. The number of fused-ring (bicyclic) bond motifs is 2. The number of hydrogen-bond donors (Lipinski definition) is 0. The number of carbonyl (C=O) groups excluding carboxylic acids is 2. The number of carbonyl (C=O) groups is 2. The monoisotopic (exact) mass is 446 g/mol. The Hall–Kier alpha value is -4.27. The molecule has 0 aliphatic rings. The molecular formula is C24H22N4O5. The third kappa shape index (κ3) is 4.25. The molecule has 0 bridgehead atoms. The Labute approximate surface area is 188 Å². The van der Waals surface area contributed by atoms with E-state index >= 15 is 0 Å². The van der Waals surface area contributed by atoms with Crippen molar-refractivity contribution in [1.82, 2.24) is 14.0 Å². The zero-order valence-electron chi connectivity index (χ0n) is 18.4. The van der Waals surface area contributed by atoms with E-state index in [1.807, 2.05) is 0 Å². The van der Waals surface area contributed by atoms with E-state index in [-0.39, 0.29) is 35.0 Å². The lowest BCUT2D eigenvalue weighted by Crippen LogP contribution is -2.31. The van der Waals surface area contributed by atoms with Crippen LogP contribution < -0.4 is 15.8 Å². The quantitative estimate of drug-likeness (QED) is 0.343. The molecule has 0 saturated carbocycles. The van der Waals surface area contributed by atoms with Crippen molar-refractivity contribution in [3.63, 3.8) is 0 Å². The van der Waals surface area contributed by atoms with Gasteiger partial charge in [-0.2, -0.15) is 4.99 Å². The fourth-order valence-corrected chi connectivity index (χ4v) is 3.53. The average molecular weight is 446 g/mol. The molecule has 3 heterocycles. The normalized spacial score (nSPS) is 11.7. The first-order valence-corrected chi connectivity index (χ1v) is 10.3. The Morgan fingerprint density at radius 1 is 1.12 bits per heavy atom. The van der Waals surface area contributed by atoms with Gasteiger partial charge in [-0.05, 0) is 42.8 Å². The highest BCUT2D eigenvalue weighted by Crippen LogP contribution is 2.13. The second kappa shape index (κ2) is 9.07. The third-order valence-corrected chi connectivity index (χ3v) is 5.15. The van der Waals surface area contributed by atoms with Crippen LogP contribution in [-0.2, 0) is 23.0 Å². The maximum atomic E-state index is 13.0. The number of methoxy groups -OCH3 is 1. The first kappa shape index (κ1) is 21.9. The Balaban J connectivity index is 1.90. The van der Waals surface area contributed by atoms with Crippen molar-refractivity contribution >= 4 is 28.6 Å². The van der Waals surface area contributed by atoms with Crippen LogP contribution in [0.1, 0.15) is 22.8 Å². The molecule has 0 N–H and O–H groups in total. The molecule has 33 heavy (non-hydrogen) atoms. The number of amides is 1. The summed E-state index contributed by atoms with van der Waals surface area (Å²) in [5, 5.41) is 0.214. The van der Waals surface area contributed by atoms with Crippen LogP contribution in [0.25, 0.3) is 16.7 Å². The number of aryl methyl sites for hydroxylation is 1. The number of ether oxygens (including phenoxy) is 2. The minimum Gasteiger partial charge on any atom is -0.497 e. The Kier molecular flexibility index (Phi) is 6.03. The predicted octanol–water partition coefficient (Wildman–Crippen LogP) is 2.04. The Morgan fingerprint density at radius 3 is 2.58 bits per heavy atom. The SMILES string of the molecule is CCOC(=O)c1cc2c(=O)n3ccccc3nc2n(C)c1=NC(=O)Cc1ccc(OC)cc1. The van der Waals surface area contributed by atoms with Gasteiger partial charge in [0.15, 0.2) is 5.49 Å². The standard InChI is InChI=1S/C24H22N4O5/c1-4-33-24(31)18-14-17-21(25-19-7-5-6-12-28(19)23(17)30)27(2)22(18)26-20(29)13-15-8-10-16(32-3)11-9-15/h5-12,14H,4,13H2,1-3H3. The zero-order chi connectivity index (χ0) is 23.5. The first-order chi connectivity index (χ1) is 15.9. The van der Waals surface area contributed by atoms with Crippen LogP contribution >= 0.6 is 0 Å². The van der Waals surface area contributed by atoms with Crippen molar-refractivity contribution in [2.24, 2.45) is 12.0 Å². The van der Waals surface area contributed by atoms with Crippen LogP contribution in [-0.4, -0.2) is 39.5 Å². The van der Waals surface area contributed by atoms with Crippen molar-refractivity contribution in [1.29, 1.82) is 0 Å². The Bertz CT molecular complexity index is 1500. The molecule has 0 saturated heterocycles. The van der Waals surface area contributed by atoms with Gasteiger partial charge in [0, 0.05) is 13.2 Å². The van der Waals surface area contributed by atoms with Crippen LogP contribution in [0, 0.1) is 0 Å². The molecule has 4 rings (SSSR count). The van der Waals surface area contributed by atoms with E-state index in [0.717, 1.165) is 5.56 Å². The molecule has 0 atom stereocenters. The van der Waals surface area contributed by atoms with E-state index in [0.29, 0.717) is 17.0 Å². The molecule has 0 aliphatic carbocycles. The zero-order valence-corrected chi connectivity index (χ0v) is 18.4. The number of aromatic nitrogens is 3. The number of hydrogen-bond acceptors (Lipinski definition) is 6. The molecular weight excluding hydrogens is 424 g/mol. The van der Waals surface area contributed by atoms with E-state index in [1.54, 1.807) is 69.7 Å². The number of pyridine rings is 2. The van der Waals surface area contributed by atoms with Gasteiger partial charge in [0.05, 0.1) is 25.5 Å². The van der Waals surface area contributed by atoms with Gasteiger partial charge in [0.25, 0.3) is 11.5 Å². The van der Waals surface area contributed by atoms with E-state index in [2.05, 4.69) is 9.98 Å². The summed E-state index contributed by atoms with van der Waals surface area (Å²) in [5.74, 6) is -0.458. The third-order valence-electron chi connectivity index (χ3n) is 5.15. The summed E-state index contributed by atoms with van der Waals surface area (Å²) in [6, 6.07) is 13.6. The summed E-state index contributed by atoms with van der Waals surface area (Å²) in [4.78, 5) is 47.3. The van der Waals surface area contributed by atoms with Crippen molar-refractivity contribution in [2.75, 3.05) is 13.7 Å². The highest BCUT2D eigenvalue weighted by Gasteiger charge is 2.18. The van der Waals surface area contributed by atoms with Gasteiger partial charge in [-0.25, -0.2) is 9.78 Å². The average Bonchev–Trinajstić information content (AvgIpc) is 2.82. The molecule has 3 aromatic heterocycles. The molecule has 0 aliphatic heterocycles. The fraction of sp³-hybridized carbons (Fsp3) is 0.208. The van der Waals surface area contributed by atoms with Gasteiger partial charge in [-0.1, -0.05) is 18.2 Å². The lowest BCUT2D eigenvalue weighted by molar-refractivity contribution is -0.117. The molecule has 168 valence electrons. The van der Waals surface area contributed by atoms with E-state index in [4.69, 9.17) is 9.47 Å². The van der Waals surface area contributed by atoms with Crippen molar-refractivity contribution in [3.05, 3.63) is 81.7 Å². The van der Waals surface area contributed by atoms with Gasteiger partial charge >= 0.3 is 5.97 Å². The summed E-state index contributed by atoms with van der Waals surface area (Å²) < 4.78 is 13.2. The number of esters is 1. The summed E-state index contributed by atoms with van der Waals surface area (Å²) in [7, 11) is 3.17. The molecule has 0 fully saturated rings. The predicted molar refractivity (Wildman–Crippen MR) is 121 cm³/mol. The fourth-order valence-electron chi connectivity index (χ4n) is 3.53. The highest BCUT2D eigenvalue weighted by atomic mass is 16.5. The first-order valence-electron chi connectivity index (χ1n) is 10.3. The lowest BCUT2D eigenvalue weighted by Gasteiger charge is -2.11. The molecule has 1 aromatic carbocycles. The Morgan fingerprint density at radius 2 is 1.88 bits per heavy atom. The van der Waals surface area contributed by atoms with Crippen LogP contribution in [0.2, 0.25) is 0 Å². The summed E-state index contributed by atoms with van der Waals surface area (Å²) in [6.45, 7) is 1.81. The molecule has 9 heteroatoms. The van der Waals surface area contributed by atoms with Crippen molar-refractivity contribution < 1.29 is 19.1 Å². The van der Waals surface area contributed by atoms with E-state index < -0.39 is 11.9 Å². The minimum absolute atomic E-state index is 0.0183. The molecule has 4 aromatic rings. The lowest BCUT2D eigenvalue weighted by atomic mass is 10.1. The van der Waals surface area contributed by atoms with Gasteiger partial charge in [-0.3, -0.25) is 14.0 Å². The second-order valence-corrected chi connectivity index (χ2v) is 7.27. The number of nitrogens with zero attached hydrogens (tertiary/aromatic N) is 4. The topological polar surface area (TPSA) is 104 Å². The molecule has 1 amide bonds. The largest absolute Gasteiger partial charge is 0.497 e. The van der Waals surface area contributed by atoms with Crippen LogP contribution in [0.3, 0.4) is 0 Å². The molecule has 0 radical (unpaired) electrons. The smallest absolute Gasteiger partial charge is 0.341 e. The van der Waals surface area contributed by atoms with E-state index in [9.17, 15) is 14.4 Å². The summed E-state index contributed by atoms with van der Waals surface area (Å²) in [6.07, 6.45) is 1.63. The number of benzene rings is 1. The summed E-state index contributed by atoms with van der Waals surface area (Å²) in [5.41, 5.74) is 1.23. The summed E-state index contributed by atoms with van der Waals surface area (Å²) >= 11 is 0. The van der Waals surface area contributed by atoms with Crippen molar-refractivity contribution in [2.45, 2.75) is 13.3 Å². The maximum Gasteiger partial charge on any atom is 0.341 e. The van der Waals surface area contributed by atoms with E-state index in [1.165, 1.54) is 15.0 Å². The maximum absolute atomic E-state index is 13.0. The number of rotatable bonds is 5. The van der Waals surface area contributed by atoms with Gasteiger partial charge in [0.2, 0.25) is 0 Å². The van der Waals surface area contributed by atoms with Crippen LogP contribution in [0.4, 0.5) is 0 Å². The van der Waals surface area contributed by atoms with Crippen LogP contribution in [0.15, 0.2) is 64.5 Å². The minimum atomic E-state index is -0.677. The van der Waals surface area contributed by atoms with Crippen molar-refractivity contribution in [3.8, 4) is 5.75 Å². The van der Waals surface area contributed by atoms with Crippen LogP contribution in [0.5, 0.6) is 5.75 Å². The second-order valence-electron chi connectivity index (χ2n) is 7.27.